The molecular weight excluding hydrogens is 292 g/mol. The quantitative estimate of drug-likeness (QED) is 0.887. The summed E-state index contributed by atoms with van der Waals surface area (Å²) in [5.41, 5.74) is 0.995. The first-order valence-electron chi connectivity index (χ1n) is 8.24. The fourth-order valence-electron chi connectivity index (χ4n) is 3.19. The van der Waals surface area contributed by atoms with Crippen molar-refractivity contribution in [1.29, 1.82) is 0 Å². The highest BCUT2D eigenvalue weighted by Gasteiger charge is 2.23. The number of nitrogens with zero attached hydrogens (tertiary/aromatic N) is 2. The van der Waals surface area contributed by atoms with E-state index in [9.17, 15) is 5.11 Å². The number of likely N-dealkylation sites (tertiary alicyclic amines) is 1. The summed E-state index contributed by atoms with van der Waals surface area (Å²) < 4.78 is 11.1. The summed E-state index contributed by atoms with van der Waals surface area (Å²) in [4.78, 5) is 6.80. The number of piperidine rings is 1. The maximum atomic E-state index is 9.22. The third-order valence-corrected chi connectivity index (χ3v) is 4.48. The summed E-state index contributed by atoms with van der Waals surface area (Å²) in [6.07, 6.45) is 6.19. The molecule has 3 rings (SSSR count). The summed E-state index contributed by atoms with van der Waals surface area (Å²) in [6, 6.07) is 8.21. The third kappa shape index (κ3) is 3.92. The molecule has 2 heterocycles. The molecule has 0 spiro atoms. The normalized spacial score (nSPS) is 19.0. The molecule has 23 heavy (non-hydrogen) atoms. The lowest BCUT2D eigenvalue weighted by Crippen LogP contribution is -2.39. The zero-order valence-electron chi connectivity index (χ0n) is 13.6. The van der Waals surface area contributed by atoms with Gasteiger partial charge in [-0.2, -0.15) is 0 Å². The van der Waals surface area contributed by atoms with Crippen molar-refractivity contribution in [3.05, 3.63) is 36.4 Å². The lowest BCUT2D eigenvalue weighted by molar-refractivity contribution is 0.103. The Morgan fingerprint density at radius 2 is 2.13 bits per heavy atom. The molecular formula is C18H24N2O3. The van der Waals surface area contributed by atoms with E-state index in [4.69, 9.17) is 9.15 Å². The molecule has 1 aliphatic rings. The highest BCUT2D eigenvalue weighted by molar-refractivity contribution is 5.57. The summed E-state index contributed by atoms with van der Waals surface area (Å²) in [5, 5.41) is 9.22. The van der Waals surface area contributed by atoms with Crippen LogP contribution in [0.3, 0.4) is 0 Å². The predicted molar refractivity (Wildman–Crippen MR) is 88.2 cm³/mol. The van der Waals surface area contributed by atoms with Crippen molar-refractivity contribution >= 4 is 0 Å². The minimum absolute atomic E-state index is 0.240. The Bertz CT molecular complexity index is 607. The van der Waals surface area contributed by atoms with Crippen molar-refractivity contribution < 1.29 is 14.3 Å². The van der Waals surface area contributed by atoms with E-state index in [-0.39, 0.29) is 6.61 Å². The van der Waals surface area contributed by atoms with Gasteiger partial charge >= 0.3 is 0 Å². The van der Waals surface area contributed by atoms with Gasteiger partial charge in [0.15, 0.2) is 5.76 Å². The summed E-state index contributed by atoms with van der Waals surface area (Å²) in [5.74, 6) is 2.34. The number of oxazole rings is 1. The lowest BCUT2D eigenvalue weighted by Gasteiger charge is -2.34. The van der Waals surface area contributed by atoms with Gasteiger partial charge in [0.05, 0.1) is 19.9 Å². The molecule has 1 aromatic heterocycles. The molecule has 0 unspecified atom stereocenters. The predicted octanol–water partition coefficient (Wildman–Crippen LogP) is 3.09. The number of aliphatic hydroxyl groups is 1. The minimum atomic E-state index is 0.240. The first-order valence-corrected chi connectivity index (χ1v) is 8.24. The fourth-order valence-corrected chi connectivity index (χ4v) is 3.19. The van der Waals surface area contributed by atoms with Crippen LogP contribution < -0.4 is 4.74 Å². The zero-order valence-corrected chi connectivity index (χ0v) is 13.6. The molecule has 2 aromatic rings. The number of aromatic nitrogens is 1. The van der Waals surface area contributed by atoms with Crippen LogP contribution in [0.15, 0.2) is 34.9 Å². The lowest BCUT2D eigenvalue weighted by atomic mass is 10.00. The van der Waals surface area contributed by atoms with E-state index in [1.165, 1.54) is 12.8 Å². The van der Waals surface area contributed by atoms with Crippen molar-refractivity contribution in [1.82, 2.24) is 9.88 Å². The maximum Gasteiger partial charge on any atom is 0.209 e. The molecule has 1 fully saturated rings. The molecule has 0 radical (unpaired) electrons. The summed E-state index contributed by atoms with van der Waals surface area (Å²) in [7, 11) is 1.66. The van der Waals surface area contributed by atoms with Crippen LogP contribution in [-0.4, -0.2) is 41.3 Å². The van der Waals surface area contributed by atoms with Crippen molar-refractivity contribution in [3.8, 4) is 17.1 Å². The highest BCUT2D eigenvalue weighted by atomic mass is 16.5. The molecule has 1 aliphatic heterocycles. The van der Waals surface area contributed by atoms with E-state index in [0.717, 1.165) is 42.4 Å². The Balaban J connectivity index is 1.68. The number of benzene rings is 1. The Morgan fingerprint density at radius 1 is 1.30 bits per heavy atom. The Hall–Kier alpha value is -1.85. The van der Waals surface area contributed by atoms with E-state index in [1.807, 2.05) is 24.3 Å². The molecule has 0 saturated carbocycles. The van der Waals surface area contributed by atoms with E-state index >= 15 is 0 Å². The number of rotatable bonds is 6. The molecule has 0 bridgehead atoms. The largest absolute Gasteiger partial charge is 0.497 e. The van der Waals surface area contributed by atoms with Gasteiger partial charge in [0.1, 0.15) is 5.75 Å². The number of ether oxygens (including phenoxy) is 1. The molecule has 1 aromatic carbocycles. The first-order chi connectivity index (χ1) is 11.3. The molecule has 0 amide bonds. The topological polar surface area (TPSA) is 58.7 Å². The van der Waals surface area contributed by atoms with Crippen LogP contribution >= 0.6 is 0 Å². The van der Waals surface area contributed by atoms with Gasteiger partial charge in [-0.15, -0.1) is 0 Å². The van der Waals surface area contributed by atoms with E-state index in [2.05, 4.69) is 9.88 Å². The average Bonchev–Trinajstić information content (AvgIpc) is 3.05. The minimum Gasteiger partial charge on any atom is -0.497 e. The van der Waals surface area contributed by atoms with Crippen molar-refractivity contribution in [2.75, 3.05) is 20.3 Å². The average molecular weight is 316 g/mol. The van der Waals surface area contributed by atoms with Crippen molar-refractivity contribution in [2.45, 2.75) is 38.3 Å². The molecule has 1 N–H and O–H groups in total. The van der Waals surface area contributed by atoms with Gasteiger partial charge in [-0.25, -0.2) is 4.98 Å². The van der Waals surface area contributed by atoms with E-state index in [0.29, 0.717) is 12.6 Å². The second kappa shape index (κ2) is 7.62. The van der Waals surface area contributed by atoms with Crippen LogP contribution in [0.4, 0.5) is 0 Å². The number of hydrogen-bond donors (Lipinski definition) is 1. The van der Waals surface area contributed by atoms with Gasteiger partial charge in [0.2, 0.25) is 5.89 Å². The molecule has 124 valence electrons. The zero-order chi connectivity index (χ0) is 16.1. The standard InChI is InChI=1S/C18H24N2O3/c1-22-16-7-5-14(6-8-16)17-12-19-18(23-17)13-20-10-3-2-4-15(20)9-11-21/h5-8,12,15,21H,2-4,9-11,13H2,1H3/t15-/m0/s1. The SMILES string of the molecule is COc1ccc(-c2cnc(CN3CCCC[C@H]3CCO)o2)cc1. The van der Waals surface area contributed by atoms with Crippen LogP contribution in [0.2, 0.25) is 0 Å². The second-order valence-electron chi connectivity index (χ2n) is 5.98. The first kappa shape index (κ1) is 16.0. The van der Waals surface area contributed by atoms with E-state index < -0.39 is 0 Å². The van der Waals surface area contributed by atoms with Crippen LogP contribution in [0.5, 0.6) is 5.75 Å². The van der Waals surface area contributed by atoms with Crippen LogP contribution in [-0.2, 0) is 6.54 Å². The van der Waals surface area contributed by atoms with Crippen molar-refractivity contribution in [2.24, 2.45) is 0 Å². The Labute approximate surface area is 136 Å². The monoisotopic (exact) mass is 316 g/mol. The third-order valence-electron chi connectivity index (χ3n) is 4.48. The van der Waals surface area contributed by atoms with Gasteiger partial charge < -0.3 is 14.3 Å². The smallest absolute Gasteiger partial charge is 0.209 e. The molecule has 5 nitrogen and oxygen atoms in total. The maximum absolute atomic E-state index is 9.22. The molecule has 1 atom stereocenters. The summed E-state index contributed by atoms with van der Waals surface area (Å²) >= 11 is 0. The van der Waals surface area contributed by atoms with Gasteiger partial charge in [0, 0.05) is 18.2 Å². The van der Waals surface area contributed by atoms with E-state index in [1.54, 1.807) is 13.3 Å². The van der Waals surface area contributed by atoms with Crippen LogP contribution in [0, 0.1) is 0 Å². The van der Waals surface area contributed by atoms with Gasteiger partial charge in [-0.1, -0.05) is 6.42 Å². The number of methoxy groups -OCH3 is 1. The summed E-state index contributed by atoms with van der Waals surface area (Å²) in [6.45, 7) is 2.00. The second-order valence-corrected chi connectivity index (χ2v) is 5.98. The Morgan fingerprint density at radius 3 is 2.87 bits per heavy atom. The number of aliphatic hydroxyl groups excluding tert-OH is 1. The van der Waals surface area contributed by atoms with Crippen LogP contribution in [0.25, 0.3) is 11.3 Å². The highest BCUT2D eigenvalue weighted by Crippen LogP contribution is 2.25. The van der Waals surface area contributed by atoms with Gasteiger partial charge in [0.25, 0.3) is 0 Å². The fraction of sp³-hybridized carbons (Fsp3) is 0.500. The number of hydrogen-bond acceptors (Lipinski definition) is 5. The van der Waals surface area contributed by atoms with Gasteiger partial charge in [-0.3, -0.25) is 4.90 Å². The molecule has 1 saturated heterocycles. The van der Waals surface area contributed by atoms with Gasteiger partial charge in [-0.05, 0) is 50.1 Å². The molecule has 0 aliphatic carbocycles. The van der Waals surface area contributed by atoms with Crippen molar-refractivity contribution in [3.63, 3.8) is 0 Å². The van der Waals surface area contributed by atoms with Crippen LogP contribution in [0.1, 0.15) is 31.6 Å². The Kier molecular flexibility index (Phi) is 5.31. The molecule has 5 heteroatoms.